The molecular weight excluding hydrogens is 292 g/mol. The number of nitrogens with one attached hydrogen (secondary N) is 1. The molecule has 2 fully saturated rings. The Hall–Kier alpha value is -2.61. The molecule has 8 heteroatoms. The average molecular weight is 306 g/mol. The van der Waals surface area contributed by atoms with Gasteiger partial charge in [0, 0.05) is 6.07 Å². The van der Waals surface area contributed by atoms with Gasteiger partial charge in [0.05, 0.1) is 5.56 Å². The van der Waals surface area contributed by atoms with Gasteiger partial charge in [-0.25, -0.2) is 0 Å². The molecule has 0 unspecified atom stereocenters. The van der Waals surface area contributed by atoms with E-state index >= 15 is 0 Å². The highest BCUT2D eigenvalue weighted by Crippen LogP contribution is 2.43. The van der Waals surface area contributed by atoms with Crippen molar-refractivity contribution in [1.29, 1.82) is 0 Å². The van der Waals surface area contributed by atoms with E-state index in [4.69, 9.17) is 0 Å². The second-order valence-corrected chi connectivity index (χ2v) is 5.86. The van der Waals surface area contributed by atoms with Crippen LogP contribution in [0.15, 0.2) is 18.2 Å². The molecule has 1 aromatic rings. The number of amides is 2. The summed E-state index contributed by atoms with van der Waals surface area (Å²) in [6, 6.07) is 3.06. The minimum Gasteiger partial charge on any atom is -0.544 e. The Bertz CT molecular complexity index is 703. The minimum atomic E-state index is -1.62. The highest BCUT2D eigenvalue weighted by atomic mass is 16.4. The predicted octanol–water partition coefficient (Wildman–Crippen LogP) is -2.89. The Labute approximate surface area is 124 Å². The van der Waals surface area contributed by atoms with Gasteiger partial charge in [0.1, 0.15) is 40.9 Å². The third-order valence-corrected chi connectivity index (χ3v) is 4.56. The molecule has 0 spiro atoms. The van der Waals surface area contributed by atoms with Crippen LogP contribution in [0.1, 0.15) is 18.5 Å². The van der Waals surface area contributed by atoms with E-state index in [2.05, 4.69) is 5.32 Å². The van der Waals surface area contributed by atoms with Gasteiger partial charge in [-0.1, -0.05) is 0 Å². The van der Waals surface area contributed by atoms with Crippen LogP contribution in [-0.2, 0) is 14.4 Å². The summed E-state index contributed by atoms with van der Waals surface area (Å²) in [4.78, 5) is 35.5. The number of hydrogen-bond acceptors (Lipinski definition) is 6. The number of nitrogens with two attached hydrogens (primary N) is 1. The summed E-state index contributed by atoms with van der Waals surface area (Å²) in [5.74, 6) is -5.12. The van der Waals surface area contributed by atoms with E-state index < -0.39 is 41.2 Å². The molecule has 4 atom stereocenters. The van der Waals surface area contributed by atoms with Crippen LogP contribution in [0.5, 0.6) is 11.5 Å². The molecular formula is C14H14N2O6. The van der Waals surface area contributed by atoms with Crippen LogP contribution in [0.3, 0.4) is 0 Å². The summed E-state index contributed by atoms with van der Waals surface area (Å²) < 4.78 is 0. The minimum absolute atomic E-state index is 0.162. The number of quaternary nitrogens is 1. The maximum atomic E-state index is 12.0. The molecule has 1 aromatic carbocycles. The Morgan fingerprint density at radius 1 is 1.32 bits per heavy atom. The summed E-state index contributed by atoms with van der Waals surface area (Å²) in [6.45, 7) is 1.33. The van der Waals surface area contributed by atoms with Crippen molar-refractivity contribution in [2.45, 2.75) is 18.5 Å². The SMILES string of the molecule is C[C@]1(C(=O)[O-])[NH2+][C@@H](c2ccc(O)cc2O)[C@H]2C(=O)NC(=O)[C@@H]21. The van der Waals surface area contributed by atoms with Crippen molar-refractivity contribution in [1.82, 2.24) is 5.32 Å². The van der Waals surface area contributed by atoms with Crippen molar-refractivity contribution in [3.63, 3.8) is 0 Å². The number of hydrogen-bond donors (Lipinski definition) is 4. The van der Waals surface area contributed by atoms with Crippen molar-refractivity contribution in [3.05, 3.63) is 23.8 Å². The highest BCUT2D eigenvalue weighted by molar-refractivity contribution is 6.08. The number of phenolic OH excluding ortho intramolecular Hbond substituents is 2. The van der Waals surface area contributed by atoms with Gasteiger partial charge in [0.25, 0.3) is 0 Å². The van der Waals surface area contributed by atoms with Crippen LogP contribution in [0.25, 0.3) is 0 Å². The molecule has 0 bridgehead atoms. The molecule has 2 amide bonds. The van der Waals surface area contributed by atoms with E-state index in [1.165, 1.54) is 24.4 Å². The van der Waals surface area contributed by atoms with Gasteiger partial charge < -0.3 is 25.4 Å². The molecule has 22 heavy (non-hydrogen) atoms. The lowest BCUT2D eigenvalue weighted by Gasteiger charge is -2.27. The van der Waals surface area contributed by atoms with Gasteiger partial charge in [-0.2, -0.15) is 0 Å². The summed E-state index contributed by atoms with van der Waals surface area (Å²) >= 11 is 0. The van der Waals surface area contributed by atoms with E-state index in [1.54, 1.807) is 0 Å². The lowest BCUT2D eigenvalue weighted by Crippen LogP contribution is -2.98. The summed E-state index contributed by atoms with van der Waals surface area (Å²) in [7, 11) is 0. The van der Waals surface area contributed by atoms with Crippen molar-refractivity contribution < 1.29 is 35.0 Å². The lowest BCUT2D eigenvalue weighted by atomic mass is 9.80. The molecule has 2 heterocycles. The fourth-order valence-corrected chi connectivity index (χ4v) is 3.49. The van der Waals surface area contributed by atoms with Gasteiger partial charge in [-0.05, 0) is 19.1 Å². The predicted molar refractivity (Wildman–Crippen MR) is 68.0 cm³/mol. The largest absolute Gasteiger partial charge is 0.544 e. The van der Waals surface area contributed by atoms with Crippen molar-refractivity contribution in [2.75, 3.05) is 0 Å². The van der Waals surface area contributed by atoms with Crippen LogP contribution in [0, 0.1) is 11.8 Å². The zero-order valence-electron chi connectivity index (χ0n) is 11.6. The van der Waals surface area contributed by atoms with Crippen molar-refractivity contribution in [2.24, 2.45) is 11.8 Å². The molecule has 0 radical (unpaired) electrons. The molecule has 2 aliphatic rings. The molecule has 0 aliphatic carbocycles. The Morgan fingerprint density at radius 2 is 2.00 bits per heavy atom. The second-order valence-electron chi connectivity index (χ2n) is 5.86. The number of carboxylic acid groups (broad SMARTS) is 1. The molecule has 3 rings (SSSR count). The Balaban J connectivity index is 2.11. The first-order valence-electron chi connectivity index (χ1n) is 6.70. The number of phenols is 2. The number of imide groups is 1. The summed E-state index contributed by atoms with van der Waals surface area (Å²) in [6.07, 6.45) is 0. The molecule has 2 aliphatic heterocycles. The Kier molecular flexibility index (Phi) is 2.89. The summed E-state index contributed by atoms with van der Waals surface area (Å²) in [5.41, 5.74) is -1.33. The van der Waals surface area contributed by atoms with Crippen LogP contribution in [0.2, 0.25) is 0 Å². The smallest absolute Gasteiger partial charge is 0.237 e. The van der Waals surface area contributed by atoms with E-state index in [0.717, 1.165) is 6.07 Å². The summed E-state index contributed by atoms with van der Waals surface area (Å²) in [5, 5.41) is 34.3. The zero-order valence-corrected chi connectivity index (χ0v) is 11.6. The Morgan fingerprint density at radius 3 is 2.59 bits per heavy atom. The molecule has 8 nitrogen and oxygen atoms in total. The maximum Gasteiger partial charge on any atom is 0.237 e. The van der Waals surface area contributed by atoms with Gasteiger partial charge in [-0.3, -0.25) is 14.9 Å². The number of aromatic hydroxyl groups is 2. The van der Waals surface area contributed by atoms with Crippen LogP contribution >= 0.6 is 0 Å². The topological polar surface area (TPSA) is 143 Å². The standard InChI is InChI=1S/C14H14N2O6/c1-14(13(21)22)9-8(11(19)15-12(9)20)10(16-14)6-3-2-5(17)4-7(6)18/h2-4,8-10,16-18H,1H3,(H,21,22)(H,15,19,20)/t8-,9+,10-,14-/m0/s1. The fraction of sp³-hybridized carbons (Fsp3) is 0.357. The van der Waals surface area contributed by atoms with Gasteiger partial charge in [0.2, 0.25) is 11.8 Å². The first-order valence-corrected chi connectivity index (χ1v) is 6.70. The quantitative estimate of drug-likeness (QED) is 0.432. The second kappa shape index (κ2) is 4.44. The number of carbonyl (C=O) groups is 3. The number of rotatable bonds is 2. The molecule has 116 valence electrons. The average Bonchev–Trinajstić information content (AvgIpc) is 2.88. The normalized spacial score (nSPS) is 33.6. The van der Waals surface area contributed by atoms with Gasteiger partial charge in [0.15, 0.2) is 0 Å². The highest BCUT2D eigenvalue weighted by Gasteiger charge is 2.65. The maximum absolute atomic E-state index is 12.0. The van der Waals surface area contributed by atoms with Crippen LogP contribution in [-0.4, -0.2) is 33.5 Å². The van der Waals surface area contributed by atoms with E-state index in [1.807, 2.05) is 0 Å². The molecule has 0 aromatic heterocycles. The first kappa shape index (κ1) is 14.3. The molecule has 0 saturated carbocycles. The third kappa shape index (κ3) is 1.77. The van der Waals surface area contributed by atoms with Crippen molar-refractivity contribution in [3.8, 4) is 11.5 Å². The molecule has 2 saturated heterocycles. The molecule has 5 N–H and O–H groups in total. The van der Waals surface area contributed by atoms with Crippen LogP contribution < -0.4 is 15.7 Å². The van der Waals surface area contributed by atoms with Gasteiger partial charge in [-0.15, -0.1) is 0 Å². The zero-order chi connectivity index (χ0) is 16.2. The number of carboxylic acids is 1. The van der Waals surface area contributed by atoms with E-state index in [-0.39, 0.29) is 17.1 Å². The monoisotopic (exact) mass is 306 g/mol. The first-order chi connectivity index (χ1) is 10.3. The number of benzene rings is 1. The van der Waals surface area contributed by atoms with Crippen molar-refractivity contribution >= 4 is 17.8 Å². The fourth-order valence-electron chi connectivity index (χ4n) is 3.49. The lowest BCUT2D eigenvalue weighted by molar-refractivity contribution is -0.735. The third-order valence-electron chi connectivity index (χ3n) is 4.56. The number of aliphatic carboxylic acids is 1. The van der Waals surface area contributed by atoms with E-state index in [9.17, 15) is 29.7 Å². The van der Waals surface area contributed by atoms with E-state index in [0.29, 0.717) is 0 Å². The number of fused-ring (bicyclic) bond motifs is 1. The number of carbonyl (C=O) groups excluding carboxylic acids is 3. The van der Waals surface area contributed by atoms with Crippen LogP contribution in [0.4, 0.5) is 0 Å². The van der Waals surface area contributed by atoms with Gasteiger partial charge >= 0.3 is 0 Å².